The molecule has 1 fully saturated rings. The second kappa shape index (κ2) is 4.44. The van der Waals surface area contributed by atoms with Gasteiger partial charge in [-0.05, 0) is 31.7 Å². The summed E-state index contributed by atoms with van der Waals surface area (Å²) in [4.78, 5) is 11.7. The molecule has 0 radical (unpaired) electrons. The highest BCUT2D eigenvalue weighted by molar-refractivity contribution is 5.92. The maximum atomic E-state index is 11.7. The van der Waals surface area contributed by atoms with Gasteiger partial charge in [-0.15, -0.1) is 0 Å². The molecule has 2 unspecified atom stereocenters. The van der Waals surface area contributed by atoms with Gasteiger partial charge in [0.05, 0.1) is 0 Å². The summed E-state index contributed by atoms with van der Waals surface area (Å²) in [5, 5.41) is 9.35. The highest BCUT2D eigenvalue weighted by atomic mass is 16.2. The third-order valence-corrected chi connectivity index (χ3v) is 2.80. The van der Waals surface area contributed by atoms with Gasteiger partial charge in [-0.1, -0.05) is 0 Å². The number of nitrogens with two attached hydrogens (primary N) is 1. The molecule has 0 aliphatic heterocycles. The standard InChI is InChI=1S/C10H16N4O/c11-7-2-1-3-8(6-7)13-10(15)9-4-5-12-14-9/h4-5,7-8H,1-3,6,11H2,(H,12,14)(H,13,15). The Balaban J connectivity index is 1.89. The number of amides is 1. The van der Waals surface area contributed by atoms with E-state index in [1.54, 1.807) is 12.3 Å². The number of nitrogens with zero attached hydrogens (tertiary/aromatic N) is 1. The van der Waals surface area contributed by atoms with Crippen molar-refractivity contribution in [2.45, 2.75) is 37.8 Å². The Morgan fingerprint density at radius 1 is 1.60 bits per heavy atom. The van der Waals surface area contributed by atoms with Crippen molar-refractivity contribution in [3.05, 3.63) is 18.0 Å². The zero-order valence-electron chi connectivity index (χ0n) is 8.57. The molecule has 1 saturated carbocycles. The molecule has 1 amide bonds. The number of aromatic amines is 1. The van der Waals surface area contributed by atoms with Gasteiger partial charge in [0.1, 0.15) is 5.69 Å². The van der Waals surface area contributed by atoms with E-state index in [9.17, 15) is 4.79 Å². The molecule has 1 aliphatic rings. The third kappa shape index (κ3) is 2.56. The van der Waals surface area contributed by atoms with Crippen molar-refractivity contribution in [3.8, 4) is 0 Å². The van der Waals surface area contributed by atoms with Crippen molar-refractivity contribution in [2.24, 2.45) is 5.73 Å². The van der Waals surface area contributed by atoms with E-state index in [4.69, 9.17) is 5.73 Å². The summed E-state index contributed by atoms with van der Waals surface area (Å²) in [7, 11) is 0. The van der Waals surface area contributed by atoms with Crippen molar-refractivity contribution in [1.82, 2.24) is 15.5 Å². The zero-order chi connectivity index (χ0) is 10.7. The summed E-state index contributed by atoms with van der Waals surface area (Å²) in [5.74, 6) is -0.0911. The predicted molar refractivity (Wildman–Crippen MR) is 56.3 cm³/mol. The van der Waals surface area contributed by atoms with Gasteiger partial charge in [-0.3, -0.25) is 9.89 Å². The van der Waals surface area contributed by atoms with Crippen LogP contribution in [0.1, 0.15) is 36.2 Å². The van der Waals surface area contributed by atoms with Gasteiger partial charge in [0, 0.05) is 18.3 Å². The molecule has 0 aromatic carbocycles. The summed E-state index contributed by atoms with van der Waals surface area (Å²) in [5.41, 5.74) is 6.36. The number of rotatable bonds is 2. The zero-order valence-corrected chi connectivity index (χ0v) is 8.57. The van der Waals surface area contributed by atoms with Crippen LogP contribution in [0.25, 0.3) is 0 Å². The second-order valence-corrected chi connectivity index (χ2v) is 4.07. The van der Waals surface area contributed by atoms with E-state index in [2.05, 4.69) is 15.5 Å². The highest BCUT2D eigenvalue weighted by Gasteiger charge is 2.21. The van der Waals surface area contributed by atoms with Crippen molar-refractivity contribution >= 4 is 5.91 Å². The van der Waals surface area contributed by atoms with E-state index in [0.29, 0.717) is 5.69 Å². The van der Waals surface area contributed by atoms with Crippen LogP contribution in [0.15, 0.2) is 12.3 Å². The molecule has 2 atom stereocenters. The van der Waals surface area contributed by atoms with E-state index in [1.165, 1.54) is 0 Å². The Morgan fingerprint density at radius 3 is 3.13 bits per heavy atom. The van der Waals surface area contributed by atoms with Gasteiger partial charge in [-0.2, -0.15) is 5.10 Å². The molecule has 0 spiro atoms. The minimum Gasteiger partial charge on any atom is -0.348 e. The smallest absolute Gasteiger partial charge is 0.269 e. The molecule has 1 aromatic heterocycles. The van der Waals surface area contributed by atoms with Crippen LogP contribution in [0.4, 0.5) is 0 Å². The summed E-state index contributed by atoms with van der Waals surface area (Å²) in [6.45, 7) is 0. The van der Waals surface area contributed by atoms with Gasteiger partial charge in [0.25, 0.3) is 5.91 Å². The first-order valence-electron chi connectivity index (χ1n) is 5.31. The molecule has 1 heterocycles. The van der Waals surface area contributed by atoms with E-state index in [0.717, 1.165) is 25.7 Å². The fraction of sp³-hybridized carbons (Fsp3) is 0.600. The van der Waals surface area contributed by atoms with Crippen LogP contribution in [0, 0.1) is 0 Å². The fourth-order valence-electron chi connectivity index (χ4n) is 2.00. The molecule has 4 N–H and O–H groups in total. The molecular formula is C10H16N4O. The van der Waals surface area contributed by atoms with Crippen LogP contribution in [0.3, 0.4) is 0 Å². The van der Waals surface area contributed by atoms with Crippen molar-refractivity contribution in [1.29, 1.82) is 0 Å². The molecule has 5 nitrogen and oxygen atoms in total. The predicted octanol–water partition coefficient (Wildman–Crippen LogP) is 0.409. The Hall–Kier alpha value is -1.36. The van der Waals surface area contributed by atoms with Crippen molar-refractivity contribution in [3.63, 3.8) is 0 Å². The van der Waals surface area contributed by atoms with Gasteiger partial charge in [0.15, 0.2) is 0 Å². The molecule has 82 valence electrons. The summed E-state index contributed by atoms with van der Waals surface area (Å²) in [6.07, 6.45) is 5.63. The number of H-pyrrole nitrogens is 1. The number of carbonyl (C=O) groups is 1. The Labute approximate surface area is 88.4 Å². The number of hydrogen-bond acceptors (Lipinski definition) is 3. The Morgan fingerprint density at radius 2 is 2.47 bits per heavy atom. The molecule has 0 saturated heterocycles. The highest BCUT2D eigenvalue weighted by Crippen LogP contribution is 2.17. The van der Waals surface area contributed by atoms with Crippen molar-refractivity contribution in [2.75, 3.05) is 0 Å². The first-order chi connectivity index (χ1) is 7.25. The lowest BCUT2D eigenvalue weighted by atomic mass is 9.91. The molecular weight excluding hydrogens is 192 g/mol. The number of hydrogen-bond donors (Lipinski definition) is 3. The van der Waals surface area contributed by atoms with Crippen LogP contribution < -0.4 is 11.1 Å². The topological polar surface area (TPSA) is 83.8 Å². The van der Waals surface area contributed by atoms with Crippen LogP contribution in [0.2, 0.25) is 0 Å². The maximum Gasteiger partial charge on any atom is 0.269 e. The van der Waals surface area contributed by atoms with Crippen LogP contribution in [0.5, 0.6) is 0 Å². The lowest BCUT2D eigenvalue weighted by Crippen LogP contribution is -2.42. The largest absolute Gasteiger partial charge is 0.348 e. The van der Waals surface area contributed by atoms with Crippen LogP contribution >= 0.6 is 0 Å². The third-order valence-electron chi connectivity index (χ3n) is 2.80. The number of aromatic nitrogens is 2. The van der Waals surface area contributed by atoms with Gasteiger partial charge in [0.2, 0.25) is 0 Å². The normalized spacial score (nSPS) is 26.2. The molecule has 1 aromatic rings. The molecule has 15 heavy (non-hydrogen) atoms. The SMILES string of the molecule is NC1CCCC(NC(=O)c2ccn[nH]2)C1. The quantitative estimate of drug-likeness (QED) is 0.658. The van der Waals surface area contributed by atoms with E-state index in [1.807, 2.05) is 0 Å². The molecule has 5 heteroatoms. The summed E-state index contributed by atoms with van der Waals surface area (Å²) >= 11 is 0. The van der Waals surface area contributed by atoms with Crippen LogP contribution in [-0.2, 0) is 0 Å². The molecule has 0 bridgehead atoms. The maximum absolute atomic E-state index is 11.7. The van der Waals surface area contributed by atoms with Gasteiger partial charge < -0.3 is 11.1 Å². The van der Waals surface area contributed by atoms with E-state index in [-0.39, 0.29) is 18.0 Å². The lowest BCUT2D eigenvalue weighted by Gasteiger charge is -2.27. The number of carbonyl (C=O) groups excluding carboxylic acids is 1. The van der Waals surface area contributed by atoms with Crippen molar-refractivity contribution < 1.29 is 4.79 Å². The van der Waals surface area contributed by atoms with E-state index >= 15 is 0 Å². The van der Waals surface area contributed by atoms with E-state index < -0.39 is 0 Å². The minimum atomic E-state index is -0.0911. The second-order valence-electron chi connectivity index (χ2n) is 4.07. The lowest BCUT2D eigenvalue weighted by molar-refractivity contribution is 0.0920. The first kappa shape index (κ1) is 10.2. The number of nitrogens with one attached hydrogen (secondary N) is 2. The Kier molecular flexibility index (Phi) is 3.01. The van der Waals surface area contributed by atoms with Gasteiger partial charge >= 0.3 is 0 Å². The van der Waals surface area contributed by atoms with Crippen LogP contribution in [-0.4, -0.2) is 28.2 Å². The summed E-state index contributed by atoms with van der Waals surface area (Å²) < 4.78 is 0. The molecule has 2 rings (SSSR count). The average molecular weight is 208 g/mol. The molecule has 1 aliphatic carbocycles. The summed E-state index contributed by atoms with van der Waals surface area (Å²) in [6, 6.07) is 2.10. The first-order valence-corrected chi connectivity index (χ1v) is 5.31. The van der Waals surface area contributed by atoms with Gasteiger partial charge in [-0.25, -0.2) is 0 Å². The fourth-order valence-corrected chi connectivity index (χ4v) is 2.00. The monoisotopic (exact) mass is 208 g/mol. The average Bonchev–Trinajstić information content (AvgIpc) is 2.70. The minimum absolute atomic E-state index is 0.0911. The Bertz CT molecular complexity index is 322.